The molecule has 0 atom stereocenters. The molecular weight excluding hydrogens is 262 g/mol. The van der Waals surface area contributed by atoms with E-state index >= 15 is 0 Å². The minimum absolute atomic E-state index is 0. The Morgan fingerprint density at radius 3 is 2.79 bits per heavy atom. The molecule has 1 heterocycles. The fourth-order valence-corrected chi connectivity index (χ4v) is 2.15. The van der Waals surface area contributed by atoms with Crippen LogP contribution in [0.2, 0.25) is 0 Å². The van der Waals surface area contributed by atoms with Crippen molar-refractivity contribution in [2.75, 3.05) is 45.2 Å². The summed E-state index contributed by atoms with van der Waals surface area (Å²) < 4.78 is 0. The summed E-state index contributed by atoms with van der Waals surface area (Å²) in [6.07, 6.45) is 1.03. The third-order valence-corrected chi connectivity index (χ3v) is 3.24. The van der Waals surface area contributed by atoms with E-state index in [1.165, 1.54) is 0 Å². The summed E-state index contributed by atoms with van der Waals surface area (Å²) in [4.78, 5) is 16.4. The number of carbonyl (C=O) groups is 1. The lowest BCUT2D eigenvalue weighted by Crippen LogP contribution is -2.34. The van der Waals surface area contributed by atoms with Crippen LogP contribution in [0.4, 0.5) is 5.69 Å². The zero-order chi connectivity index (χ0) is 13.0. The molecule has 1 saturated heterocycles. The van der Waals surface area contributed by atoms with Crippen LogP contribution in [0.5, 0.6) is 0 Å². The topological polar surface area (TPSA) is 35.6 Å². The molecule has 1 N–H and O–H groups in total. The second-order valence-corrected chi connectivity index (χ2v) is 4.84. The van der Waals surface area contributed by atoms with E-state index in [0.29, 0.717) is 0 Å². The summed E-state index contributed by atoms with van der Waals surface area (Å²) in [7, 11) is 3.97. The molecule has 0 aliphatic carbocycles. The van der Waals surface area contributed by atoms with Gasteiger partial charge in [-0.3, -0.25) is 4.79 Å². The fraction of sp³-hybridized carbons (Fsp3) is 0.500. The van der Waals surface area contributed by atoms with Crippen molar-refractivity contribution in [2.24, 2.45) is 0 Å². The quantitative estimate of drug-likeness (QED) is 0.896. The van der Waals surface area contributed by atoms with Crippen LogP contribution in [0.25, 0.3) is 0 Å². The Labute approximate surface area is 121 Å². The maximum absolute atomic E-state index is 12.4. The molecule has 1 aromatic rings. The number of benzene rings is 1. The fourth-order valence-electron chi connectivity index (χ4n) is 2.15. The standard InChI is InChI=1S/C14H21N3O.ClH/c1-16(2)13-6-3-5-12(11-13)14(18)17-9-4-7-15-8-10-17;/h3,5-6,11,15H,4,7-10H2,1-2H3;1H. The minimum atomic E-state index is 0. The Kier molecular flexibility index (Phi) is 6.12. The van der Waals surface area contributed by atoms with E-state index in [4.69, 9.17) is 0 Å². The highest BCUT2D eigenvalue weighted by Gasteiger charge is 2.17. The number of rotatable bonds is 2. The highest BCUT2D eigenvalue weighted by atomic mass is 35.5. The molecule has 1 aliphatic heterocycles. The van der Waals surface area contributed by atoms with E-state index in [0.717, 1.165) is 43.9 Å². The second kappa shape index (κ2) is 7.36. The van der Waals surface area contributed by atoms with Crippen molar-refractivity contribution in [3.8, 4) is 0 Å². The zero-order valence-electron chi connectivity index (χ0n) is 11.6. The number of nitrogens with zero attached hydrogens (tertiary/aromatic N) is 2. The van der Waals surface area contributed by atoms with Crippen molar-refractivity contribution < 1.29 is 4.79 Å². The molecule has 0 bridgehead atoms. The van der Waals surface area contributed by atoms with Gasteiger partial charge in [0.1, 0.15) is 0 Å². The summed E-state index contributed by atoms with van der Waals surface area (Å²) in [6.45, 7) is 3.53. The maximum atomic E-state index is 12.4. The molecule has 4 nitrogen and oxygen atoms in total. The monoisotopic (exact) mass is 283 g/mol. The molecule has 1 aromatic carbocycles. The Morgan fingerprint density at radius 1 is 1.26 bits per heavy atom. The van der Waals surface area contributed by atoms with Crippen LogP contribution in [-0.2, 0) is 0 Å². The summed E-state index contributed by atoms with van der Waals surface area (Å²) in [5.41, 5.74) is 1.84. The molecule has 0 radical (unpaired) electrons. The second-order valence-electron chi connectivity index (χ2n) is 4.84. The van der Waals surface area contributed by atoms with E-state index in [-0.39, 0.29) is 18.3 Å². The third-order valence-electron chi connectivity index (χ3n) is 3.24. The molecule has 0 spiro atoms. The first-order chi connectivity index (χ1) is 8.68. The lowest BCUT2D eigenvalue weighted by atomic mass is 10.1. The lowest BCUT2D eigenvalue weighted by molar-refractivity contribution is 0.0766. The van der Waals surface area contributed by atoms with E-state index < -0.39 is 0 Å². The predicted octanol–water partition coefficient (Wildman–Crippen LogP) is 1.61. The molecule has 1 amide bonds. The SMILES string of the molecule is CN(C)c1cccc(C(=O)N2CCCNCC2)c1.Cl. The molecule has 5 heteroatoms. The Balaban J connectivity index is 0.00000180. The Morgan fingerprint density at radius 2 is 2.05 bits per heavy atom. The van der Waals surface area contributed by atoms with Crippen LogP contribution in [0.3, 0.4) is 0 Å². The third kappa shape index (κ3) is 4.11. The van der Waals surface area contributed by atoms with E-state index in [9.17, 15) is 4.79 Å². The molecule has 106 valence electrons. The number of halogens is 1. The number of carbonyl (C=O) groups excluding carboxylic acids is 1. The summed E-state index contributed by atoms with van der Waals surface area (Å²) >= 11 is 0. The molecular formula is C14H22ClN3O. The smallest absolute Gasteiger partial charge is 0.253 e. The molecule has 2 rings (SSSR count). The normalized spacial score (nSPS) is 15.4. The van der Waals surface area contributed by atoms with Gasteiger partial charge in [0.25, 0.3) is 5.91 Å². The Bertz CT molecular complexity index is 415. The van der Waals surface area contributed by atoms with Gasteiger partial charge < -0.3 is 15.1 Å². The van der Waals surface area contributed by atoms with Crippen molar-refractivity contribution in [3.05, 3.63) is 29.8 Å². The van der Waals surface area contributed by atoms with Crippen LogP contribution >= 0.6 is 12.4 Å². The lowest BCUT2D eigenvalue weighted by Gasteiger charge is -2.21. The van der Waals surface area contributed by atoms with Gasteiger partial charge in [0, 0.05) is 45.0 Å². The van der Waals surface area contributed by atoms with Crippen molar-refractivity contribution in [2.45, 2.75) is 6.42 Å². The molecule has 0 unspecified atom stereocenters. The first-order valence-electron chi connectivity index (χ1n) is 6.46. The first-order valence-corrected chi connectivity index (χ1v) is 6.46. The average Bonchev–Trinajstić information content (AvgIpc) is 2.67. The van der Waals surface area contributed by atoms with Crippen molar-refractivity contribution in [1.29, 1.82) is 0 Å². The van der Waals surface area contributed by atoms with Gasteiger partial charge in [-0.05, 0) is 31.2 Å². The van der Waals surface area contributed by atoms with Crippen LogP contribution in [0, 0.1) is 0 Å². The summed E-state index contributed by atoms with van der Waals surface area (Å²) in [6, 6.07) is 7.81. The highest BCUT2D eigenvalue weighted by Crippen LogP contribution is 2.15. The minimum Gasteiger partial charge on any atom is -0.378 e. The number of amides is 1. The first kappa shape index (κ1) is 15.8. The number of hydrogen-bond acceptors (Lipinski definition) is 3. The molecule has 19 heavy (non-hydrogen) atoms. The van der Waals surface area contributed by atoms with Crippen LogP contribution in [-0.4, -0.2) is 51.1 Å². The van der Waals surface area contributed by atoms with Crippen LogP contribution in [0.1, 0.15) is 16.8 Å². The molecule has 0 aromatic heterocycles. The van der Waals surface area contributed by atoms with E-state index in [1.807, 2.05) is 48.2 Å². The Hall–Kier alpha value is -1.26. The van der Waals surface area contributed by atoms with Gasteiger partial charge in [-0.2, -0.15) is 0 Å². The van der Waals surface area contributed by atoms with Gasteiger partial charge in [0.15, 0.2) is 0 Å². The van der Waals surface area contributed by atoms with Crippen LogP contribution < -0.4 is 10.2 Å². The van der Waals surface area contributed by atoms with Crippen molar-refractivity contribution >= 4 is 24.0 Å². The largest absolute Gasteiger partial charge is 0.378 e. The summed E-state index contributed by atoms with van der Waals surface area (Å²) in [5.74, 6) is 0.141. The van der Waals surface area contributed by atoms with Gasteiger partial charge in [0.05, 0.1) is 0 Å². The van der Waals surface area contributed by atoms with Gasteiger partial charge in [-0.15, -0.1) is 12.4 Å². The van der Waals surface area contributed by atoms with Gasteiger partial charge >= 0.3 is 0 Å². The number of nitrogens with one attached hydrogen (secondary N) is 1. The molecule has 0 saturated carbocycles. The van der Waals surface area contributed by atoms with Gasteiger partial charge in [0.2, 0.25) is 0 Å². The van der Waals surface area contributed by atoms with Gasteiger partial charge in [-0.25, -0.2) is 0 Å². The predicted molar refractivity (Wildman–Crippen MR) is 81.4 cm³/mol. The number of anilines is 1. The molecule has 1 fully saturated rings. The maximum Gasteiger partial charge on any atom is 0.253 e. The number of hydrogen-bond donors (Lipinski definition) is 1. The zero-order valence-corrected chi connectivity index (χ0v) is 12.4. The highest BCUT2D eigenvalue weighted by molar-refractivity contribution is 5.95. The van der Waals surface area contributed by atoms with Crippen LogP contribution in [0.15, 0.2) is 24.3 Å². The van der Waals surface area contributed by atoms with Crippen molar-refractivity contribution in [3.63, 3.8) is 0 Å². The van der Waals surface area contributed by atoms with E-state index in [2.05, 4.69) is 5.32 Å². The average molecular weight is 284 g/mol. The van der Waals surface area contributed by atoms with E-state index in [1.54, 1.807) is 0 Å². The van der Waals surface area contributed by atoms with Crippen molar-refractivity contribution in [1.82, 2.24) is 10.2 Å². The summed E-state index contributed by atoms with van der Waals surface area (Å²) in [5, 5.41) is 3.31. The molecule has 1 aliphatic rings. The van der Waals surface area contributed by atoms with Gasteiger partial charge in [-0.1, -0.05) is 6.07 Å².